The summed E-state index contributed by atoms with van der Waals surface area (Å²) in [5.41, 5.74) is 2.28. The molecule has 6 nitrogen and oxygen atoms in total. The molecule has 1 atom stereocenters. The number of halogens is 1. The topological polar surface area (TPSA) is 64.9 Å². The number of nitrogens with zero attached hydrogens (tertiary/aromatic N) is 4. The summed E-state index contributed by atoms with van der Waals surface area (Å²) in [6.45, 7) is 0.773. The Morgan fingerprint density at radius 1 is 1.28 bits per heavy atom. The predicted octanol–water partition coefficient (Wildman–Crippen LogP) is 4.64. The van der Waals surface area contributed by atoms with Crippen molar-refractivity contribution in [3.63, 3.8) is 0 Å². The van der Waals surface area contributed by atoms with Crippen molar-refractivity contribution in [2.45, 2.75) is 30.6 Å². The van der Waals surface area contributed by atoms with E-state index in [9.17, 15) is 0 Å². The fourth-order valence-corrected chi connectivity index (χ4v) is 3.46. The normalized spacial score (nSPS) is 17.8. The van der Waals surface area contributed by atoms with Crippen molar-refractivity contribution in [3.05, 3.63) is 35.6 Å². The molecule has 0 bridgehead atoms. The second-order valence-electron chi connectivity index (χ2n) is 5.81. The molecule has 1 aliphatic heterocycles. The van der Waals surface area contributed by atoms with Gasteiger partial charge in [-0.05, 0) is 37.7 Å². The molecule has 1 fully saturated rings. The van der Waals surface area contributed by atoms with E-state index in [0.29, 0.717) is 21.5 Å². The van der Waals surface area contributed by atoms with Crippen LogP contribution in [0.4, 0.5) is 11.5 Å². The summed E-state index contributed by atoms with van der Waals surface area (Å²) in [6.07, 6.45) is 6.95. The third kappa shape index (κ3) is 3.31. The van der Waals surface area contributed by atoms with Gasteiger partial charge >= 0.3 is 0 Å². The zero-order valence-corrected chi connectivity index (χ0v) is 15.3. The van der Waals surface area contributed by atoms with Gasteiger partial charge in [-0.1, -0.05) is 35.5 Å². The molecule has 0 amide bonds. The Kier molecular flexibility index (Phi) is 4.78. The molecule has 0 saturated carbocycles. The highest BCUT2D eigenvalue weighted by Crippen LogP contribution is 2.31. The molecule has 2 aromatic heterocycles. The third-order valence-electron chi connectivity index (χ3n) is 4.18. The van der Waals surface area contributed by atoms with Crippen LogP contribution in [-0.2, 0) is 4.74 Å². The quantitative estimate of drug-likeness (QED) is 0.529. The molecule has 1 aromatic carbocycles. The lowest BCUT2D eigenvalue weighted by Crippen LogP contribution is -2.17. The van der Waals surface area contributed by atoms with Gasteiger partial charge in [0.15, 0.2) is 22.1 Å². The maximum atomic E-state index is 6.27. The van der Waals surface area contributed by atoms with Crippen LogP contribution in [0, 0.1) is 0 Å². The molecular weight excluding hydrogens is 358 g/mol. The second-order valence-corrected chi connectivity index (χ2v) is 6.99. The maximum Gasteiger partial charge on any atom is 0.191 e. The zero-order chi connectivity index (χ0) is 17.2. The molecule has 0 aliphatic carbocycles. The number of rotatable bonds is 4. The smallest absolute Gasteiger partial charge is 0.191 e. The monoisotopic (exact) mass is 375 g/mol. The molecule has 1 aliphatic rings. The average molecular weight is 376 g/mol. The van der Waals surface area contributed by atoms with Gasteiger partial charge in [0.05, 0.1) is 17.0 Å². The first-order valence-corrected chi connectivity index (χ1v) is 9.78. The number of nitrogens with one attached hydrogen (secondary N) is 1. The van der Waals surface area contributed by atoms with E-state index in [1.54, 1.807) is 6.33 Å². The number of thioether (sulfide) groups is 1. The Labute approximate surface area is 155 Å². The van der Waals surface area contributed by atoms with E-state index >= 15 is 0 Å². The number of imidazole rings is 1. The van der Waals surface area contributed by atoms with Crippen molar-refractivity contribution in [2.24, 2.45) is 0 Å². The van der Waals surface area contributed by atoms with Crippen LogP contribution in [0.3, 0.4) is 0 Å². The van der Waals surface area contributed by atoms with Gasteiger partial charge in [0.1, 0.15) is 6.23 Å². The largest absolute Gasteiger partial charge is 0.358 e. The number of aromatic nitrogens is 4. The first kappa shape index (κ1) is 16.6. The van der Waals surface area contributed by atoms with Crippen LogP contribution >= 0.6 is 23.4 Å². The summed E-state index contributed by atoms with van der Waals surface area (Å²) >= 11 is 7.76. The van der Waals surface area contributed by atoms with Crippen LogP contribution in [-0.4, -0.2) is 32.4 Å². The van der Waals surface area contributed by atoms with E-state index in [2.05, 4.69) is 20.3 Å². The molecule has 130 valence electrons. The number of hydrogen-bond acceptors (Lipinski definition) is 6. The number of fused-ring (bicyclic) bond motifs is 1. The van der Waals surface area contributed by atoms with Crippen molar-refractivity contribution in [3.8, 4) is 0 Å². The number of anilines is 2. The van der Waals surface area contributed by atoms with Crippen LogP contribution in [0.1, 0.15) is 25.5 Å². The third-order valence-corrected chi connectivity index (χ3v) is 5.05. The minimum absolute atomic E-state index is 0.0171. The van der Waals surface area contributed by atoms with Gasteiger partial charge < -0.3 is 10.1 Å². The van der Waals surface area contributed by atoms with Gasteiger partial charge in [0.2, 0.25) is 0 Å². The van der Waals surface area contributed by atoms with Crippen molar-refractivity contribution in [1.29, 1.82) is 0 Å². The van der Waals surface area contributed by atoms with E-state index in [1.807, 2.05) is 35.1 Å². The van der Waals surface area contributed by atoms with Crippen molar-refractivity contribution in [1.82, 2.24) is 19.5 Å². The fourth-order valence-electron chi connectivity index (χ4n) is 2.92. The molecule has 4 rings (SSSR count). The molecule has 3 heterocycles. The Morgan fingerprint density at radius 3 is 2.92 bits per heavy atom. The fraction of sp³-hybridized carbons (Fsp3) is 0.353. The maximum absolute atomic E-state index is 6.27. The number of benzene rings is 1. The average Bonchev–Trinajstić information content (AvgIpc) is 3.08. The van der Waals surface area contributed by atoms with Gasteiger partial charge in [-0.15, -0.1) is 0 Å². The summed E-state index contributed by atoms with van der Waals surface area (Å²) in [6, 6.07) is 7.57. The zero-order valence-electron chi connectivity index (χ0n) is 13.8. The van der Waals surface area contributed by atoms with Crippen LogP contribution in [0.25, 0.3) is 11.2 Å². The van der Waals surface area contributed by atoms with Crippen LogP contribution in [0.2, 0.25) is 5.02 Å². The second kappa shape index (κ2) is 7.19. The Balaban J connectivity index is 1.78. The van der Waals surface area contributed by atoms with Gasteiger partial charge in [-0.2, -0.15) is 0 Å². The Hall–Kier alpha value is -1.83. The van der Waals surface area contributed by atoms with E-state index in [4.69, 9.17) is 16.3 Å². The van der Waals surface area contributed by atoms with Crippen molar-refractivity contribution < 1.29 is 4.74 Å². The van der Waals surface area contributed by atoms with Gasteiger partial charge in [0.25, 0.3) is 0 Å². The Bertz CT molecular complexity index is 894. The molecule has 8 heteroatoms. The van der Waals surface area contributed by atoms with Crippen LogP contribution in [0.5, 0.6) is 0 Å². The van der Waals surface area contributed by atoms with Gasteiger partial charge in [-0.25, -0.2) is 15.0 Å². The van der Waals surface area contributed by atoms with E-state index in [0.717, 1.165) is 37.2 Å². The molecule has 0 spiro atoms. The highest BCUT2D eigenvalue weighted by atomic mass is 35.5. The number of para-hydroxylation sites is 1. The predicted molar refractivity (Wildman–Crippen MR) is 101 cm³/mol. The van der Waals surface area contributed by atoms with Crippen molar-refractivity contribution in [2.75, 3.05) is 18.2 Å². The molecule has 1 N–H and O–H groups in total. The summed E-state index contributed by atoms with van der Waals surface area (Å²) < 4.78 is 7.90. The van der Waals surface area contributed by atoms with Crippen LogP contribution < -0.4 is 5.32 Å². The molecular formula is C17H18ClN5OS. The summed E-state index contributed by atoms with van der Waals surface area (Å²) in [4.78, 5) is 13.8. The van der Waals surface area contributed by atoms with E-state index < -0.39 is 0 Å². The molecule has 25 heavy (non-hydrogen) atoms. The lowest BCUT2D eigenvalue weighted by atomic mass is 10.2. The van der Waals surface area contributed by atoms with Gasteiger partial charge in [-0.3, -0.25) is 4.57 Å². The molecule has 1 unspecified atom stereocenters. The number of ether oxygens (including phenoxy) is 1. The number of hydrogen-bond donors (Lipinski definition) is 1. The minimum Gasteiger partial charge on any atom is -0.358 e. The van der Waals surface area contributed by atoms with Crippen molar-refractivity contribution >= 4 is 46.0 Å². The first-order chi connectivity index (χ1) is 12.3. The minimum atomic E-state index is -0.0171. The molecule has 1 saturated heterocycles. The standard InChI is InChI=1S/C17H18ClN5OS/c1-25-17-21-15(20-12-7-3-2-6-11(12)18)14-16(22-17)23(10-19-14)13-8-4-5-9-24-13/h2-3,6-7,10,13H,4-5,8-9H2,1H3,(H,20,21,22). The summed E-state index contributed by atoms with van der Waals surface area (Å²) in [5, 5.41) is 4.61. The van der Waals surface area contributed by atoms with E-state index in [1.165, 1.54) is 11.8 Å². The lowest BCUT2D eigenvalue weighted by Gasteiger charge is -2.23. The highest BCUT2D eigenvalue weighted by molar-refractivity contribution is 7.98. The highest BCUT2D eigenvalue weighted by Gasteiger charge is 2.21. The van der Waals surface area contributed by atoms with E-state index in [-0.39, 0.29) is 6.23 Å². The molecule has 0 radical (unpaired) electrons. The summed E-state index contributed by atoms with van der Waals surface area (Å²) in [7, 11) is 0. The summed E-state index contributed by atoms with van der Waals surface area (Å²) in [5.74, 6) is 0.650. The Morgan fingerprint density at radius 2 is 2.16 bits per heavy atom. The first-order valence-electron chi connectivity index (χ1n) is 8.18. The molecule has 3 aromatic rings. The van der Waals surface area contributed by atoms with Gasteiger partial charge in [0, 0.05) is 6.61 Å². The SMILES string of the molecule is CSc1nc(Nc2ccccc2Cl)c2ncn(C3CCCCO3)c2n1. The lowest BCUT2D eigenvalue weighted by molar-refractivity contribution is -0.0298. The van der Waals surface area contributed by atoms with Crippen LogP contribution in [0.15, 0.2) is 35.7 Å².